The quantitative estimate of drug-likeness (QED) is 0.487. The summed E-state index contributed by atoms with van der Waals surface area (Å²) >= 11 is 7.20. The lowest BCUT2D eigenvalue weighted by Gasteiger charge is -2.18. The molecule has 0 aliphatic carbocycles. The summed E-state index contributed by atoms with van der Waals surface area (Å²) in [5.74, 6) is 0.00445. The maximum atomic E-state index is 14.0. The summed E-state index contributed by atoms with van der Waals surface area (Å²) < 4.78 is 15.6. The van der Waals surface area contributed by atoms with Crippen molar-refractivity contribution in [3.63, 3.8) is 0 Å². The monoisotopic (exact) mass is 413 g/mol. The zero-order chi connectivity index (χ0) is 20.1. The van der Waals surface area contributed by atoms with E-state index in [1.54, 1.807) is 6.07 Å². The van der Waals surface area contributed by atoms with Gasteiger partial charge in [0.15, 0.2) is 5.82 Å². The van der Waals surface area contributed by atoms with E-state index in [9.17, 15) is 9.18 Å². The molecular weight excluding hydrogens is 397 g/mol. The minimum Gasteiger partial charge on any atom is -0.266 e. The highest BCUT2D eigenvalue weighted by atomic mass is 35.5. The SMILES string of the molecule is CC(C)(C)c1ccc(-c2nc3sc(=Cc4c(F)cccc4Cl)c(=O)n3n2)cc1. The molecule has 0 amide bonds. The van der Waals surface area contributed by atoms with Crippen LogP contribution in [-0.4, -0.2) is 14.6 Å². The molecule has 0 aliphatic heterocycles. The molecule has 2 aromatic carbocycles. The molecule has 4 aromatic rings. The second-order valence-electron chi connectivity index (χ2n) is 7.51. The van der Waals surface area contributed by atoms with E-state index in [0.29, 0.717) is 15.3 Å². The minimum atomic E-state index is -0.481. The van der Waals surface area contributed by atoms with Crippen LogP contribution in [0.4, 0.5) is 4.39 Å². The Bertz CT molecular complexity index is 1270. The topological polar surface area (TPSA) is 47.3 Å². The normalized spacial score (nSPS) is 12.8. The Kier molecular flexibility index (Phi) is 4.56. The second kappa shape index (κ2) is 6.79. The fraction of sp³-hybridized carbons (Fsp3) is 0.190. The predicted octanol–water partition coefficient (Wildman–Crippen LogP) is 4.46. The summed E-state index contributed by atoms with van der Waals surface area (Å²) in [6, 6.07) is 12.4. The maximum absolute atomic E-state index is 14.0. The Morgan fingerprint density at radius 2 is 1.86 bits per heavy atom. The van der Waals surface area contributed by atoms with Crippen molar-refractivity contribution < 1.29 is 4.39 Å². The van der Waals surface area contributed by atoms with Gasteiger partial charge in [-0.2, -0.15) is 9.50 Å². The van der Waals surface area contributed by atoms with E-state index in [1.807, 2.05) is 24.3 Å². The van der Waals surface area contributed by atoms with Crippen LogP contribution in [0.1, 0.15) is 31.9 Å². The number of hydrogen-bond acceptors (Lipinski definition) is 4. The first-order valence-electron chi connectivity index (χ1n) is 8.70. The first-order chi connectivity index (χ1) is 13.2. The molecule has 0 unspecified atom stereocenters. The molecule has 0 fully saturated rings. The Morgan fingerprint density at radius 1 is 1.14 bits per heavy atom. The van der Waals surface area contributed by atoms with Gasteiger partial charge >= 0.3 is 0 Å². The Hall–Kier alpha value is -2.57. The van der Waals surface area contributed by atoms with Gasteiger partial charge < -0.3 is 0 Å². The molecular formula is C21H17ClFN3OS. The number of rotatable bonds is 2. The van der Waals surface area contributed by atoms with Crippen LogP contribution in [0.2, 0.25) is 5.02 Å². The Morgan fingerprint density at radius 3 is 2.46 bits per heavy atom. The molecule has 28 heavy (non-hydrogen) atoms. The van der Waals surface area contributed by atoms with E-state index in [4.69, 9.17) is 11.6 Å². The van der Waals surface area contributed by atoms with Crippen LogP contribution in [0, 0.1) is 5.82 Å². The lowest BCUT2D eigenvalue weighted by Crippen LogP contribution is -2.23. The van der Waals surface area contributed by atoms with Crippen molar-refractivity contribution in [2.24, 2.45) is 0 Å². The fourth-order valence-electron chi connectivity index (χ4n) is 2.86. The Balaban J connectivity index is 1.77. The van der Waals surface area contributed by atoms with Gasteiger partial charge in [0.2, 0.25) is 4.96 Å². The van der Waals surface area contributed by atoms with Crippen LogP contribution in [0.3, 0.4) is 0 Å². The van der Waals surface area contributed by atoms with E-state index in [1.165, 1.54) is 28.3 Å². The molecule has 0 bridgehead atoms. The van der Waals surface area contributed by atoms with E-state index >= 15 is 0 Å². The molecule has 0 atom stereocenters. The summed E-state index contributed by atoms with van der Waals surface area (Å²) in [5, 5.41) is 4.59. The van der Waals surface area contributed by atoms with Gasteiger partial charge in [-0.3, -0.25) is 4.79 Å². The van der Waals surface area contributed by atoms with Crippen LogP contribution in [-0.2, 0) is 5.41 Å². The summed E-state index contributed by atoms with van der Waals surface area (Å²) in [7, 11) is 0. The number of fused-ring (bicyclic) bond motifs is 1. The van der Waals surface area contributed by atoms with E-state index in [0.717, 1.165) is 16.9 Å². The van der Waals surface area contributed by atoms with Crippen LogP contribution in [0.15, 0.2) is 47.3 Å². The number of nitrogens with zero attached hydrogens (tertiary/aromatic N) is 3. The zero-order valence-electron chi connectivity index (χ0n) is 15.5. The van der Waals surface area contributed by atoms with Gasteiger partial charge in [0.05, 0.1) is 9.55 Å². The molecule has 0 saturated carbocycles. The highest BCUT2D eigenvalue weighted by molar-refractivity contribution is 7.15. The molecule has 0 N–H and O–H groups in total. The van der Waals surface area contributed by atoms with Crippen molar-refractivity contribution in [2.75, 3.05) is 0 Å². The van der Waals surface area contributed by atoms with Crippen LogP contribution in [0.5, 0.6) is 0 Å². The van der Waals surface area contributed by atoms with Crippen molar-refractivity contribution in [1.82, 2.24) is 14.6 Å². The highest BCUT2D eigenvalue weighted by Gasteiger charge is 2.16. The van der Waals surface area contributed by atoms with Gasteiger partial charge in [0, 0.05) is 11.1 Å². The van der Waals surface area contributed by atoms with Gasteiger partial charge in [-0.1, -0.05) is 74.0 Å². The molecule has 2 aromatic heterocycles. The van der Waals surface area contributed by atoms with Gasteiger partial charge in [0.1, 0.15) is 5.82 Å². The number of aromatic nitrogens is 3. The fourth-order valence-corrected chi connectivity index (χ4v) is 3.96. The standard InChI is InChI=1S/C21H17ClFN3OS/c1-21(2,3)13-9-7-12(8-10-13)18-24-20-26(25-18)19(27)17(28-20)11-14-15(22)5-4-6-16(14)23/h4-11H,1-3H3. The first kappa shape index (κ1) is 18.8. The van der Waals surface area contributed by atoms with Crippen LogP contribution >= 0.6 is 22.9 Å². The lowest BCUT2D eigenvalue weighted by atomic mass is 9.87. The zero-order valence-corrected chi connectivity index (χ0v) is 17.1. The van der Waals surface area contributed by atoms with Crippen molar-refractivity contribution in [1.29, 1.82) is 0 Å². The maximum Gasteiger partial charge on any atom is 0.291 e. The molecule has 0 radical (unpaired) electrons. The number of benzene rings is 2. The summed E-state index contributed by atoms with van der Waals surface area (Å²) in [6.45, 7) is 6.45. The molecule has 0 aliphatic rings. The summed E-state index contributed by atoms with van der Waals surface area (Å²) in [4.78, 5) is 17.6. The molecule has 142 valence electrons. The molecule has 7 heteroatoms. The average Bonchev–Trinajstić information content (AvgIpc) is 3.17. The first-order valence-corrected chi connectivity index (χ1v) is 9.90. The van der Waals surface area contributed by atoms with Gasteiger partial charge in [-0.15, -0.1) is 5.10 Å². The van der Waals surface area contributed by atoms with Gasteiger partial charge in [-0.25, -0.2) is 4.39 Å². The number of halogens is 2. The molecule has 0 spiro atoms. The van der Waals surface area contributed by atoms with Gasteiger partial charge in [0.25, 0.3) is 5.56 Å². The molecule has 4 rings (SSSR count). The van der Waals surface area contributed by atoms with Crippen molar-refractivity contribution in [3.05, 3.63) is 79.3 Å². The van der Waals surface area contributed by atoms with Crippen molar-refractivity contribution >= 4 is 34.0 Å². The van der Waals surface area contributed by atoms with Crippen molar-refractivity contribution in [2.45, 2.75) is 26.2 Å². The smallest absolute Gasteiger partial charge is 0.266 e. The summed E-state index contributed by atoms with van der Waals surface area (Å²) in [6.07, 6.45) is 1.44. The average molecular weight is 414 g/mol. The third kappa shape index (κ3) is 3.34. The Labute approximate surface area is 169 Å². The predicted molar refractivity (Wildman–Crippen MR) is 111 cm³/mol. The molecule has 2 heterocycles. The third-order valence-corrected chi connectivity index (χ3v) is 5.75. The van der Waals surface area contributed by atoms with E-state index in [2.05, 4.69) is 30.9 Å². The summed E-state index contributed by atoms with van der Waals surface area (Å²) in [5.41, 5.74) is 1.95. The van der Waals surface area contributed by atoms with E-state index in [-0.39, 0.29) is 21.6 Å². The third-order valence-electron chi connectivity index (χ3n) is 4.47. The van der Waals surface area contributed by atoms with Crippen molar-refractivity contribution in [3.8, 4) is 11.4 Å². The second-order valence-corrected chi connectivity index (χ2v) is 8.92. The largest absolute Gasteiger partial charge is 0.291 e. The minimum absolute atomic E-state index is 0.0570. The lowest BCUT2D eigenvalue weighted by molar-refractivity contribution is 0.590. The molecule has 0 saturated heterocycles. The van der Waals surface area contributed by atoms with Gasteiger partial charge in [-0.05, 0) is 29.2 Å². The van der Waals surface area contributed by atoms with E-state index < -0.39 is 5.82 Å². The number of hydrogen-bond donors (Lipinski definition) is 0. The molecule has 4 nitrogen and oxygen atoms in total. The van der Waals surface area contributed by atoms with Crippen LogP contribution < -0.4 is 10.1 Å². The number of thiazole rings is 1. The highest BCUT2D eigenvalue weighted by Crippen LogP contribution is 2.25. The van der Waals surface area contributed by atoms with Crippen LogP contribution in [0.25, 0.3) is 22.4 Å².